The summed E-state index contributed by atoms with van der Waals surface area (Å²) >= 11 is 0. The molecule has 0 radical (unpaired) electrons. The van der Waals surface area contributed by atoms with Crippen LogP contribution in [0.2, 0.25) is 0 Å². The summed E-state index contributed by atoms with van der Waals surface area (Å²) in [6, 6.07) is 8.80. The summed E-state index contributed by atoms with van der Waals surface area (Å²) in [6.07, 6.45) is 0. The Morgan fingerprint density at radius 3 is 2.71 bits per heavy atom. The third-order valence-corrected chi connectivity index (χ3v) is 3.00. The average Bonchev–Trinajstić information content (AvgIpc) is 2.46. The Labute approximate surface area is 123 Å². The van der Waals surface area contributed by atoms with Crippen LogP contribution in [0.5, 0.6) is 5.75 Å². The first-order valence-corrected chi connectivity index (χ1v) is 6.54. The lowest BCUT2D eigenvalue weighted by atomic mass is 10.1. The molecule has 1 aromatic carbocycles. The Bertz CT molecular complexity index is 669. The van der Waals surface area contributed by atoms with Gasteiger partial charge < -0.3 is 15.2 Å². The fraction of sp³-hybridized carbons (Fsp3) is 0.250. The van der Waals surface area contributed by atoms with E-state index < -0.39 is 5.97 Å². The summed E-state index contributed by atoms with van der Waals surface area (Å²) < 4.78 is 10.4. The van der Waals surface area contributed by atoms with Gasteiger partial charge in [0.15, 0.2) is 0 Å². The number of carbonyl (C=O) groups is 1. The van der Waals surface area contributed by atoms with Crippen LogP contribution in [0.4, 0.5) is 5.69 Å². The van der Waals surface area contributed by atoms with E-state index in [4.69, 9.17) is 15.2 Å². The van der Waals surface area contributed by atoms with Crippen molar-refractivity contribution in [3.05, 3.63) is 52.8 Å². The van der Waals surface area contributed by atoms with E-state index in [1.165, 1.54) is 0 Å². The van der Waals surface area contributed by atoms with E-state index in [0.29, 0.717) is 22.7 Å². The molecule has 0 aliphatic heterocycles. The maximum atomic E-state index is 12.1. The molecule has 2 N–H and O–H groups in total. The Balaban J connectivity index is 2.11. The van der Waals surface area contributed by atoms with Gasteiger partial charge in [-0.15, -0.1) is 0 Å². The lowest BCUT2D eigenvalue weighted by Gasteiger charge is -2.09. The van der Waals surface area contributed by atoms with Crippen molar-refractivity contribution < 1.29 is 14.3 Å². The normalized spacial score (nSPS) is 10.2. The molecule has 2 rings (SSSR count). The molecule has 0 atom stereocenters. The van der Waals surface area contributed by atoms with Crippen molar-refractivity contribution in [1.29, 1.82) is 0 Å². The van der Waals surface area contributed by atoms with Gasteiger partial charge in [-0.05, 0) is 26.0 Å². The van der Waals surface area contributed by atoms with Crippen molar-refractivity contribution in [3.8, 4) is 5.75 Å². The molecule has 0 saturated heterocycles. The van der Waals surface area contributed by atoms with Gasteiger partial charge in [0.25, 0.3) is 0 Å². The van der Waals surface area contributed by atoms with Gasteiger partial charge in [0.05, 0.1) is 18.4 Å². The highest BCUT2D eigenvalue weighted by Crippen LogP contribution is 2.17. The summed E-state index contributed by atoms with van der Waals surface area (Å²) in [7, 11) is 1.58. The van der Waals surface area contributed by atoms with Crippen LogP contribution in [-0.4, -0.2) is 18.1 Å². The minimum Gasteiger partial charge on any atom is -0.497 e. The van der Waals surface area contributed by atoms with E-state index in [-0.39, 0.29) is 6.61 Å². The fourth-order valence-corrected chi connectivity index (χ4v) is 1.96. The number of nitrogens with two attached hydrogens (primary N) is 1. The molecule has 110 valence electrons. The SMILES string of the molecule is COc1cc(C)nc(COC(=O)c2cc(C)ccc2N)c1. The molecule has 0 spiro atoms. The monoisotopic (exact) mass is 286 g/mol. The number of aryl methyl sites for hydroxylation is 2. The number of aromatic nitrogens is 1. The van der Waals surface area contributed by atoms with Crippen molar-refractivity contribution in [1.82, 2.24) is 4.98 Å². The van der Waals surface area contributed by atoms with E-state index in [1.54, 1.807) is 25.3 Å². The maximum absolute atomic E-state index is 12.1. The number of pyridine rings is 1. The van der Waals surface area contributed by atoms with Crippen LogP contribution in [0.25, 0.3) is 0 Å². The zero-order chi connectivity index (χ0) is 15.4. The number of benzene rings is 1. The number of methoxy groups -OCH3 is 1. The molecule has 0 aliphatic rings. The molecule has 0 saturated carbocycles. The van der Waals surface area contributed by atoms with Gasteiger partial charge in [0.2, 0.25) is 0 Å². The number of ether oxygens (including phenoxy) is 2. The van der Waals surface area contributed by atoms with E-state index in [0.717, 1.165) is 11.3 Å². The van der Waals surface area contributed by atoms with Crippen LogP contribution >= 0.6 is 0 Å². The predicted octanol–water partition coefficient (Wildman–Crippen LogP) is 2.65. The van der Waals surface area contributed by atoms with Gasteiger partial charge in [-0.3, -0.25) is 4.98 Å². The summed E-state index contributed by atoms with van der Waals surface area (Å²) in [6.45, 7) is 3.82. The van der Waals surface area contributed by atoms with Crippen molar-refractivity contribution in [2.75, 3.05) is 12.8 Å². The number of nitrogens with zero attached hydrogens (tertiary/aromatic N) is 1. The summed E-state index contributed by atoms with van der Waals surface area (Å²) in [4.78, 5) is 16.4. The van der Waals surface area contributed by atoms with Gasteiger partial charge in [-0.25, -0.2) is 4.79 Å². The summed E-state index contributed by atoms with van der Waals surface area (Å²) in [5.74, 6) is 0.224. The zero-order valence-electron chi connectivity index (χ0n) is 12.3. The van der Waals surface area contributed by atoms with Crippen molar-refractivity contribution in [3.63, 3.8) is 0 Å². The minimum atomic E-state index is -0.460. The lowest BCUT2D eigenvalue weighted by Crippen LogP contribution is -2.09. The van der Waals surface area contributed by atoms with Gasteiger partial charge in [0, 0.05) is 23.5 Å². The topological polar surface area (TPSA) is 74.4 Å². The number of hydrogen-bond acceptors (Lipinski definition) is 5. The van der Waals surface area contributed by atoms with Crippen LogP contribution in [0, 0.1) is 13.8 Å². The first-order chi connectivity index (χ1) is 9.99. The molecule has 1 heterocycles. The van der Waals surface area contributed by atoms with Gasteiger partial charge in [-0.2, -0.15) is 0 Å². The van der Waals surface area contributed by atoms with Crippen molar-refractivity contribution >= 4 is 11.7 Å². The van der Waals surface area contributed by atoms with E-state index in [1.807, 2.05) is 26.0 Å². The van der Waals surface area contributed by atoms with Crippen LogP contribution in [0.3, 0.4) is 0 Å². The predicted molar refractivity (Wildman–Crippen MR) is 80.2 cm³/mol. The minimum absolute atomic E-state index is 0.0737. The second kappa shape index (κ2) is 6.26. The number of nitrogen functional groups attached to an aromatic ring is 1. The van der Waals surface area contributed by atoms with E-state index >= 15 is 0 Å². The first kappa shape index (κ1) is 14.8. The molecule has 0 bridgehead atoms. The molecule has 21 heavy (non-hydrogen) atoms. The third kappa shape index (κ3) is 3.72. The van der Waals surface area contributed by atoms with Gasteiger partial charge >= 0.3 is 5.97 Å². The Hall–Kier alpha value is -2.56. The van der Waals surface area contributed by atoms with Crippen LogP contribution in [0.1, 0.15) is 27.3 Å². The van der Waals surface area contributed by atoms with E-state index in [9.17, 15) is 4.79 Å². The number of rotatable bonds is 4. The fourth-order valence-electron chi connectivity index (χ4n) is 1.96. The molecule has 5 heteroatoms. The molecule has 0 fully saturated rings. The molecule has 0 unspecified atom stereocenters. The highest BCUT2D eigenvalue weighted by Gasteiger charge is 2.12. The number of esters is 1. The smallest absolute Gasteiger partial charge is 0.340 e. The number of hydrogen-bond donors (Lipinski definition) is 1. The summed E-state index contributed by atoms with van der Waals surface area (Å²) in [5, 5.41) is 0. The first-order valence-electron chi connectivity index (χ1n) is 6.54. The van der Waals surface area contributed by atoms with Crippen LogP contribution in [0.15, 0.2) is 30.3 Å². The molecule has 1 aromatic heterocycles. The number of carbonyl (C=O) groups excluding carboxylic acids is 1. The Morgan fingerprint density at radius 1 is 1.24 bits per heavy atom. The molecular formula is C16H18N2O3. The number of anilines is 1. The Morgan fingerprint density at radius 2 is 2.00 bits per heavy atom. The van der Waals surface area contributed by atoms with Crippen molar-refractivity contribution in [2.45, 2.75) is 20.5 Å². The van der Waals surface area contributed by atoms with Crippen LogP contribution < -0.4 is 10.5 Å². The van der Waals surface area contributed by atoms with Gasteiger partial charge in [0.1, 0.15) is 12.4 Å². The third-order valence-electron chi connectivity index (χ3n) is 3.00. The standard InChI is InChI=1S/C16H18N2O3/c1-10-4-5-15(17)14(6-10)16(19)21-9-12-8-13(20-3)7-11(2)18-12/h4-8H,9,17H2,1-3H3. The zero-order valence-corrected chi connectivity index (χ0v) is 12.3. The van der Waals surface area contributed by atoms with Gasteiger partial charge in [-0.1, -0.05) is 11.6 Å². The molecular weight excluding hydrogens is 268 g/mol. The molecule has 2 aromatic rings. The molecule has 5 nitrogen and oxygen atoms in total. The highest BCUT2D eigenvalue weighted by molar-refractivity contribution is 5.95. The summed E-state index contributed by atoms with van der Waals surface area (Å²) in [5.41, 5.74) is 8.95. The second-order valence-electron chi connectivity index (χ2n) is 4.81. The highest BCUT2D eigenvalue weighted by atomic mass is 16.5. The average molecular weight is 286 g/mol. The maximum Gasteiger partial charge on any atom is 0.340 e. The van der Waals surface area contributed by atoms with Crippen LogP contribution in [-0.2, 0) is 11.3 Å². The lowest BCUT2D eigenvalue weighted by molar-refractivity contribution is 0.0468. The molecule has 0 aliphatic carbocycles. The van der Waals surface area contributed by atoms with E-state index in [2.05, 4.69) is 4.98 Å². The van der Waals surface area contributed by atoms with Crippen molar-refractivity contribution in [2.24, 2.45) is 0 Å². The Kier molecular flexibility index (Phi) is 4.42. The quantitative estimate of drug-likeness (QED) is 0.691. The largest absolute Gasteiger partial charge is 0.497 e. The molecule has 0 amide bonds. The second-order valence-corrected chi connectivity index (χ2v) is 4.81.